The topological polar surface area (TPSA) is 32.8 Å². The number of aryl methyl sites for hydroxylation is 1. The summed E-state index contributed by atoms with van der Waals surface area (Å²) in [5, 5.41) is 0. The number of Topliss-reactive ketones (excluding diaryl/α,β-unsaturated/α-hetero) is 1. The summed E-state index contributed by atoms with van der Waals surface area (Å²) in [6.45, 7) is 7.08. The van der Waals surface area contributed by atoms with E-state index < -0.39 is 0 Å². The van der Waals surface area contributed by atoms with Gasteiger partial charge >= 0.3 is 0 Å². The first-order valence-electron chi connectivity index (χ1n) is 10.6. The Morgan fingerprint density at radius 3 is 2.86 bits per heavy atom. The van der Waals surface area contributed by atoms with E-state index in [0.29, 0.717) is 18.4 Å². The van der Waals surface area contributed by atoms with Crippen LogP contribution < -0.4 is 9.64 Å². The summed E-state index contributed by atoms with van der Waals surface area (Å²) in [5.74, 6) is 1.89. The second-order valence-corrected chi connectivity index (χ2v) is 8.39. The molecule has 3 aliphatic heterocycles. The standard InChI is InChI=1S/C24H28N2O2/c1-17-7-9-18(10-8-17)22(27)5-3-12-25-13-11-21-20(16-25)19-4-2-6-23-24(19)26(21)14-15-28-23/h2,4,6-10,20-21H,3,5,11-16H2,1H3/t20-,21-/m0/s1. The Morgan fingerprint density at radius 2 is 2.00 bits per heavy atom. The number of anilines is 1. The maximum Gasteiger partial charge on any atom is 0.162 e. The average molecular weight is 377 g/mol. The number of rotatable bonds is 5. The molecule has 0 unspecified atom stereocenters. The average Bonchev–Trinajstić information content (AvgIpc) is 3.04. The van der Waals surface area contributed by atoms with Gasteiger partial charge < -0.3 is 14.5 Å². The lowest BCUT2D eigenvalue weighted by Crippen LogP contribution is -2.48. The van der Waals surface area contributed by atoms with Crippen LogP contribution in [0.4, 0.5) is 5.69 Å². The quantitative estimate of drug-likeness (QED) is 0.738. The van der Waals surface area contributed by atoms with Crippen LogP contribution in [0, 0.1) is 6.92 Å². The lowest BCUT2D eigenvalue weighted by Gasteiger charge is -2.40. The third-order valence-electron chi connectivity index (χ3n) is 6.62. The predicted octanol–water partition coefficient (Wildman–Crippen LogP) is 4.03. The summed E-state index contributed by atoms with van der Waals surface area (Å²) in [6.07, 6.45) is 2.77. The SMILES string of the molecule is Cc1ccc(C(=O)CCCN2CC[C@H]3[C@@H](C2)c2cccc4c2N3CCO4)cc1. The van der Waals surface area contributed by atoms with Crippen LogP contribution >= 0.6 is 0 Å². The summed E-state index contributed by atoms with van der Waals surface area (Å²) in [4.78, 5) is 17.6. The third-order valence-corrected chi connectivity index (χ3v) is 6.62. The molecule has 0 radical (unpaired) electrons. The van der Waals surface area contributed by atoms with Gasteiger partial charge in [-0.05, 0) is 37.9 Å². The number of para-hydroxylation sites is 1. The molecule has 0 amide bonds. The van der Waals surface area contributed by atoms with E-state index in [2.05, 4.69) is 34.9 Å². The van der Waals surface area contributed by atoms with Crippen LogP contribution in [0.2, 0.25) is 0 Å². The van der Waals surface area contributed by atoms with Gasteiger partial charge in [-0.15, -0.1) is 0 Å². The molecule has 1 fully saturated rings. The van der Waals surface area contributed by atoms with Gasteiger partial charge in [0.2, 0.25) is 0 Å². The summed E-state index contributed by atoms with van der Waals surface area (Å²) >= 11 is 0. The molecule has 0 N–H and O–H groups in total. The van der Waals surface area contributed by atoms with Gasteiger partial charge in [-0.2, -0.15) is 0 Å². The molecular formula is C24H28N2O2. The molecule has 2 aromatic rings. The van der Waals surface area contributed by atoms with Crippen LogP contribution in [-0.4, -0.2) is 49.5 Å². The highest BCUT2D eigenvalue weighted by atomic mass is 16.5. The van der Waals surface area contributed by atoms with E-state index in [0.717, 1.165) is 50.5 Å². The number of likely N-dealkylation sites (tertiary alicyclic amines) is 1. The minimum atomic E-state index is 0.264. The first-order valence-corrected chi connectivity index (χ1v) is 10.6. The number of piperidine rings is 1. The number of ether oxygens (including phenoxy) is 1. The van der Waals surface area contributed by atoms with Crippen molar-refractivity contribution in [2.24, 2.45) is 0 Å². The highest BCUT2D eigenvalue weighted by molar-refractivity contribution is 5.96. The van der Waals surface area contributed by atoms with Gasteiger partial charge in [-0.25, -0.2) is 0 Å². The fourth-order valence-corrected chi connectivity index (χ4v) is 5.20. The summed E-state index contributed by atoms with van der Waals surface area (Å²) in [7, 11) is 0. The van der Waals surface area contributed by atoms with E-state index in [1.165, 1.54) is 23.2 Å². The van der Waals surface area contributed by atoms with Gasteiger partial charge in [-0.1, -0.05) is 42.0 Å². The van der Waals surface area contributed by atoms with Crippen molar-refractivity contribution in [2.45, 2.75) is 38.1 Å². The molecule has 28 heavy (non-hydrogen) atoms. The molecule has 5 rings (SSSR count). The molecule has 2 aromatic carbocycles. The summed E-state index contributed by atoms with van der Waals surface area (Å²) < 4.78 is 5.90. The van der Waals surface area contributed by atoms with Crippen LogP contribution in [0.15, 0.2) is 42.5 Å². The van der Waals surface area contributed by atoms with Crippen LogP contribution in [0.5, 0.6) is 5.75 Å². The fraction of sp³-hybridized carbons (Fsp3) is 0.458. The minimum Gasteiger partial charge on any atom is -0.490 e. The molecular weight excluding hydrogens is 348 g/mol. The van der Waals surface area contributed by atoms with E-state index in [-0.39, 0.29) is 5.78 Å². The van der Waals surface area contributed by atoms with Gasteiger partial charge in [0.1, 0.15) is 12.4 Å². The van der Waals surface area contributed by atoms with Crippen molar-refractivity contribution in [1.82, 2.24) is 4.90 Å². The Hall–Kier alpha value is -2.33. The van der Waals surface area contributed by atoms with Crippen molar-refractivity contribution in [2.75, 3.05) is 37.7 Å². The lowest BCUT2D eigenvalue weighted by molar-refractivity contribution is 0.0971. The van der Waals surface area contributed by atoms with Crippen molar-refractivity contribution < 1.29 is 9.53 Å². The molecule has 0 bridgehead atoms. The minimum absolute atomic E-state index is 0.264. The molecule has 146 valence electrons. The van der Waals surface area contributed by atoms with Crippen LogP contribution in [0.3, 0.4) is 0 Å². The van der Waals surface area contributed by atoms with Gasteiger partial charge in [0.05, 0.1) is 12.2 Å². The number of benzene rings is 2. The predicted molar refractivity (Wildman–Crippen MR) is 112 cm³/mol. The molecule has 0 saturated carbocycles. The largest absolute Gasteiger partial charge is 0.490 e. The first-order chi connectivity index (χ1) is 13.7. The van der Waals surface area contributed by atoms with Crippen LogP contribution in [-0.2, 0) is 0 Å². The molecule has 3 heterocycles. The fourth-order valence-electron chi connectivity index (χ4n) is 5.20. The maximum absolute atomic E-state index is 12.4. The van der Waals surface area contributed by atoms with Crippen LogP contribution in [0.1, 0.15) is 46.7 Å². The van der Waals surface area contributed by atoms with E-state index in [1.54, 1.807) is 0 Å². The van der Waals surface area contributed by atoms with Gasteiger partial charge in [0.15, 0.2) is 5.78 Å². The van der Waals surface area contributed by atoms with E-state index in [4.69, 9.17) is 4.74 Å². The molecule has 0 aliphatic carbocycles. The molecule has 4 heteroatoms. The van der Waals surface area contributed by atoms with Crippen molar-refractivity contribution >= 4 is 11.5 Å². The Morgan fingerprint density at radius 1 is 1.14 bits per heavy atom. The normalized spacial score (nSPS) is 23.1. The molecule has 0 spiro atoms. The van der Waals surface area contributed by atoms with Gasteiger partial charge in [0.25, 0.3) is 0 Å². The summed E-state index contributed by atoms with van der Waals surface area (Å²) in [5.41, 5.74) is 4.85. The molecule has 3 aliphatic rings. The first kappa shape index (κ1) is 17.7. The number of hydrogen-bond acceptors (Lipinski definition) is 4. The molecule has 2 atom stereocenters. The number of carbonyl (C=O) groups is 1. The lowest BCUT2D eigenvalue weighted by atomic mass is 9.89. The maximum atomic E-state index is 12.4. The Kier molecular flexibility index (Phi) is 4.59. The third kappa shape index (κ3) is 3.10. The molecule has 4 nitrogen and oxygen atoms in total. The smallest absolute Gasteiger partial charge is 0.162 e. The Labute approximate surface area is 167 Å². The van der Waals surface area contributed by atoms with Crippen molar-refractivity contribution in [3.63, 3.8) is 0 Å². The number of carbonyl (C=O) groups excluding carboxylic acids is 1. The Bertz CT molecular complexity index is 877. The van der Waals surface area contributed by atoms with Crippen molar-refractivity contribution in [3.05, 3.63) is 59.2 Å². The molecule has 0 aromatic heterocycles. The Balaban J connectivity index is 1.20. The number of nitrogens with zero attached hydrogens (tertiary/aromatic N) is 2. The second-order valence-electron chi connectivity index (χ2n) is 8.39. The van der Waals surface area contributed by atoms with E-state index in [1.807, 2.05) is 24.3 Å². The van der Waals surface area contributed by atoms with Crippen LogP contribution in [0.25, 0.3) is 0 Å². The van der Waals surface area contributed by atoms with Crippen molar-refractivity contribution in [1.29, 1.82) is 0 Å². The van der Waals surface area contributed by atoms with Gasteiger partial charge in [0, 0.05) is 37.0 Å². The number of ketones is 1. The molecule has 1 saturated heterocycles. The summed E-state index contributed by atoms with van der Waals surface area (Å²) in [6, 6.07) is 15.1. The number of hydrogen-bond donors (Lipinski definition) is 0. The zero-order chi connectivity index (χ0) is 19.1. The zero-order valence-electron chi connectivity index (χ0n) is 16.6. The zero-order valence-corrected chi connectivity index (χ0v) is 16.6. The van der Waals surface area contributed by atoms with E-state index in [9.17, 15) is 4.79 Å². The number of fused-ring (bicyclic) bond motifs is 3. The van der Waals surface area contributed by atoms with Crippen molar-refractivity contribution in [3.8, 4) is 5.75 Å². The monoisotopic (exact) mass is 376 g/mol. The highest BCUT2D eigenvalue weighted by Crippen LogP contribution is 2.50. The second kappa shape index (κ2) is 7.25. The highest BCUT2D eigenvalue weighted by Gasteiger charge is 2.44. The van der Waals surface area contributed by atoms with Gasteiger partial charge in [-0.3, -0.25) is 4.79 Å². The van der Waals surface area contributed by atoms with E-state index >= 15 is 0 Å².